The number of aryl methyl sites for hydroxylation is 1. The molecule has 0 aliphatic carbocycles. The molecule has 1 aliphatic heterocycles. The molecule has 1 aromatic carbocycles. The minimum absolute atomic E-state index is 0.113. The number of fused-ring (bicyclic) bond motifs is 1. The number of nitrogens with two attached hydrogens (primary N) is 1. The molecule has 3 aromatic heterocycles. The average Bonchev–Trinajstić information content (AvgIpc) is 3.45. The van der Waals surface area contributed by atoms with Crippen molar-refractivity contribution in [2.24, 2.45) is 12.8 Å². The smallest absolute Gasteiger partial charge is 0.224 e. The van der Waals surface area contributed by atoms with Gasteiger partial charge in [-0.25, -0.2) is 4.52 Å². The van der Waals surface area contributed by atoms with E-state index in [9.17, 15) is 4.79 Å². The van der Waals surface area contributed by atoms with E-state index in [0.717, 1.165) is 41.0 Å². The number of amides is 1. The Morgan fingerprint density at radius 2 is 1.75 bits per heavy atom. The van der Waals surface area contributed by atoms with Gasteiger partial charge in [-0.3, -0.25) is 9.48 Å². The molecule has 1 saturated heterocycles. The molecule has 0 spiro atoms. The highest BCUT2D eigenvalue weighted by Gasteiger charge is 2.24. The lowest BCUT2D eigenvalue weighted by molar-refractivity contribution is -0.131. The number of benzene rings is 1. The van der Waals surface area contributed by atoms with Crippen molar-refractivity contribution in [1.82, 2.24) is 24.3 Å². The predicted octanol–water partition coefficient (Wildman–Crippen LogP) is 2.47. The molecule has 0 saturated carbocycles. The monoisotopic (exact) mass is 429 g/mol. The van der Waals surface area contributed by atoms with E-state index in [-0.39, 0.29) is 11.9 Å². The zero-order valence-corrected chi connectivity index (χ0v) is 18.1. The Hall–Kier alpha value is -3.65. The number of hydrogen-bond donors (Lipinski definition) is 1. The van der Waals surface area contributed by atoms with Gasteiger partial charge in [0.05, 0.1) is 23.6 Å². The summed E-state index contributed by atoms with van der Waals surface area (Å²) in [7, 11) is 1.91. The predicted molar refractivity (Wildman–Crippen MR) is 124 cm³/mol. The normalized spacial score (nSPS) is 15.3. The van der Waals surface area contributed by atoms with E-state index in [0.29, 0.717) is 19.5 Å². The highest BCUT2D eigenvalue weighted by atomic mass is 16.2. The lowest BCUT2D eigenvalue weighted by Crippen LogP contribution is -2.49. The van der Waals surface area contributed by atoms with Gasteiger partial charge in [0.15, 0.2) is 0 Å². The van der Waals surface area contributed by atoms with Gasteiger partial charge < -0.3 is 15.5 Å². The second-order valence-corrected chi connectivity index (χ2v) is 8.27. The Kier molecular flexibility index (Phi) is 5.36. The van der Waals surface area contributed by atoms with E-state index in [2.05, 4.69) is 27.2 Å². The molecular weight excluding hydrogens is 402 g/mol. The topological polar surface area (TPSA) is 84.7 Å². The maximum Gasteiger partial charge on any atom is 0.224 e. The number of aromatic nitrogens is 4. The van der Waals surface area contributed by atoms with E-state index >= 15 is 0 Å². The summed E-state index contributed by atoms with van der Waals surface area (Å²) in [5.41, 5.74) is 11.5. The Morgan fingerprint density at radius 1 is 0.969 bits per heavy atom. The minimum atomic E-state index is -0.268. The first-order valence-electron chi connectivity index (χ1n) is 10.9. The van der Waals surface area contributed by atoms with Crippen molar-refractivity contribution >= 4 is 17.1 Å². The van der Waals surface area contributed by atoms with Crippen LogP contribution < -0.4 is 10.6 Å². The largest absolute Gasteiger partial charge is 0.365 e. The van der Waals surface area contributed by atoms with Gasteiger partial charge >= 0.3 is 0 Å². The highest BCUT2D eigenvalue weighted by Crippen LogP contribution is 2.26. The third-order valence-electron chi connectivity index (χ3n) is 6.13. The van der Waals surface area contributed by atoms with Crippen LogP contribution in [0.5, 0.6) is 0 Å². The zero-order chi connectivity index (χ0) is 22.1. The van der Waals surface area contributed by atoms with Crippen molar-refractivity contribution < 1.29 is 4.79 Å². The van der Waals surface area contributed by atoms with Crippen LogP contribution in [-0.2, 0) is 11.8 Å². The van der Waals surface area contributed by atoms with Gasteiger partial charge in [0.1, 0.15) is 0 Å². The third kappa shape index (κ3) is 3.97. The Bertz CT molecular complexity index is 1220. The first-order chi connectivity index (χ1) is 15.6. The van der Waals surface area contributed by atoms with Crippen molar-refractivity contribution in [2.75, 3.05) is 31.1 Å². The van der Waals surface area contributed by atoms with E-state index < -0.39 is 0 Å². The maximum atomic E-state index is 12.8. The zero-order valence-electron chi connectivity index (χ0n) is 18.1. The van der Waals surface area contributed by atoms with Crippen LogP contribution in [0, 0.1) is 0 Å². The average molecular weight is 430 g/mol. The standard InChI is InChI=1S/C24H27N7O/c1-28-16-20(14-26-28)19-7-8-22-23(15-27-31(22)17-19)29-9-11-30(12-10-29)24(32)13-21(25)18-5-3-2-4-6-18/h2-8,14-17,21H,9-13,25H2,1H3/t21-/m0/s1. The number of carbonyl (C=O) groups excluding carboxylic acids is 1. The van der Waals surface area contributed by atoms with E-state index in [1.54, 1.807) is 4.68 Å². The fourth-order valence-corrected chi connectivity index (χ4v) is 4.29. The van der Waals surface area contributed by atoms with Crippen LogP contribution in [0.2, 0.25) is 0 Å². The molecule has 8 heteroatoms. The van der Waals surface area contributed by atoms with Gasteiger partial charge in [-0.05, 0) is 11.6 Å². The molecule has 0 unspecified atom stereocenters. The first kappa shape index (κ1) is 20.3. The van der Waals surface area contributed by atoms with Crippen LogP contribution in [-0.4, -0.2) is 56.4 Å². The van der Waals surface area contributed by atoms with Crippen molar-refractivity contribution in [3.63, 3.8) is 0 Å². The third-order valence-corrected chi connectivity index (χ3v) is 6.13. The Labute approximate surface area is 186 Å². The van der Waals surface area contributed by atoms with Crippen LogP contribution in [0.1, 0.15) is 18.0 Å². The molecular formula is C24H27N7O. The number of nitrogens with zero attached hydrogens (tertiary/aromatic N) is 6. The van der Waals surface area contributed by atoms with Crippen LogP contribution in [0.4, 0.5) is 5.69 Å². The van der Waals surface area contributed by atoms with E-state index in [1.165, 1.54) is 0 Å². The van der Waals surface area contributed by atoms with Gasteiger partial charge in [0.25, 0.3) is 0 Å². The van der Waals surface area contributed by atoms with Gasteiger partial charge in [0, 0.05) is 69.2 Å². The summed E-state index contributed by atoms with van der Waals surface area (Å²) in [5.74, 6) is 0.113. The highest BCUT2D eigenvalue weighted by molar-refractivity contribution is 5.78. The summed E-state index contributed by atoms with van der Waals surface area (Å²) >= 11 is 0. The molecule has 1 aliphatic rings. The molecule has 0 radical (unpaired) electrons. The number of hydrogen-bond acceptors (Lipinski definition) is 5. The van der Waals surface area contributed by atoms with Crippen molar-refractivity contribution in [2.45, 2.75) is 12.5 Å². The summed E-state index contributed by atoms with van der Waals surface area (Å²) in [4.78, 5) is 17.0. The Balaban J connectivity index is 1.23. The number of pyridine rings is 1. The molecule has 1 amide bonds. The van der Waals surface area contributed by atoms with Crippen LogP contribution in [0.3, 0.4) is 0 Å². The SMILES string of the molecule is Cn1cc(-c2ccc3c(N4CCN(C(=O)C[C@H](N)c5ccccc5)CC4)cnn3c2)cn1. The van der Waals surface area contributed by atoms with Gasteiger partial charge in [-0.15, -0.1) is 0 Å². The van der Waals surface area contributed by atoms with Crippen molar-refractivity contribution in [3.8, 4) is 11.1 Å². The molecule has 8 nitrogen and oxygen atoms in total. The van der Waals surface area contributed by atoms with Crippen LogP contribution in [0.25, 0.3) is 16.6 Å². The minimum Gasteiger partial charge on any atom is -0.365 e. The Morgan fingerprint density at radius 3 is 2.47 bits per heavy atom. The second-order valence-electron chi connectivity index (χ2n) is 8.27. The van der Waals surface area contributed by atoms with Gasteiger partial charge in [-0.2, -0.15) is 10.2 Å². The van der Waals surface area contributed by atoms with E-state index in [1.807, 2.05) is 71.6 Å². The molecule has 4 aromatic rings. The van der Waals surface area contributed by atoms with Crippen LogP contribution >= 0.6 is 0 Å². The summed E-state index contributed by atoms with van der Waals surface area (Å²) in [6, 6.07) is 13.7. The summed E-state index contributed by atoms with van der Waals surface area (Å²) < 4.78 is 3.70. The fourth-order valence-electron chi connectivity index (χ4n) is 4.29. The number of piperazine rings is 1. The number of carbonyl (C=O) groups is 1. The molecule has 5 rings (SSSR count). The molecule has 164 valence electrons. The number of anilines is 1. The van der Waals surface area contributed by atoms with Gasteiger partial charge in [0.2, 0.25) is 5.91 Å². The fraction of sp³-hybridized carbons (Fsp3) is 0.292. The van der Waals surface area contributed by atoms with Crippen molar-refractivity contribution in [1.29, 1.82) is 0 Å². The first-order valence-corrected chi connectivity index (χ1v) is 10.9. The lowest BCUT2D eigenvalue weighted by atomic mass is 10.0. The van der Waals surface area contributed by atoms with E-state index in [4.69, 9.17) is 5.73 Å². The summed E-state index contributed by atoms with van der Waals surface area (Å²) in [5, 5.41) is 8.81. The molecule has 2 N–H and O–H groups in total. The van der Waals surface area contributed by atoms with Crippen molar-refractivity contribution in [3.05, 3.63) is 72.8 Å². The second kappa shape index (κ2) is 8.47. The van der Waals surface area contributed by atoms with Crippen LogP contribution in [0.15, 0.2) is 67.3 Å². The molecule has 4 heterocycles. The van der Waals surface area contributed by atoms with Gasteiger partial charge in [-0.1, -0.05) is 36.4 Å². The molecule has 32 heavy (non-hydrogen) atoms. The summed E-state index contributed by atoms with van der Waals surface area (Å²) in [6.45, 7) is 2.92. The molecule has 0 bridgehead atoms. The number of rotatable bonds is 5. The lowest BCUT2D eigenvalue weighted by Gasteiger charge is -2.36. The molecule has 1 fully saturated rings. The summed E-state index contributed by atoms with van der Waals surface area (Å²) in [6.07, 6.45) is 8.11. The maximum absolute atomic E-state index is 12.8. The molecule has 1 atom stereocenters. The quantitative estimate of drug-likeness (QED) is 0.527.